The highest BCUT2D eigenvalue weighted by Crippen LogP contribution is 2.45. The maximum absolute atomic E-state index is 6.38. The first kappa shape index (κ1) is 22.6. The number of ether oxygens (including phenoxy) is 4. The molecule has 2 aromatic rings. The van der Waals surface area contributed by atoms with Crippen LogP contribution in [0.4, 0.5) is 0 Å². The Bertz CT molecular complexity index is 1030. The maximum atomic E-state index is 6.38. The Morgan fingerprint density at radius 2 is 1.66 bits per heavy atom. The first-order valence-electron chi connectivity index (χ1n) is 11.5. The van der Waals surface area contributed by atoms with E-state index in [0.717, 1.165) is 40.5 Å². The molecule has 0 amide bonds. The Morgan fingerprint density at radius 3 is 2.34 bits per heavy atom. The van der Waals surface area contributed by atoms with Gasteiger partial charge in [0.05, 0.1) is 12.2 Å². The summed E-state index contributed by atoms with van der Waals surface area (Å²) < 4.78 is 24.9. The summed E-state index contributed by atoms with van der Waals surface area (Å²) in [7, 11) is 0. The largest absolute Gasteiger partial charge is 0.492 e. The van der Waals surface area contributed by atoms with Gasteiger partial charge >= 0.3 is 0 Å². The number of hydrogen-bond donors (Lipinski definition) is 0. The molecule has 0 N–H and O–H groups in total. The van der Waals surface area contributed by atoms with Crippen molar-refractivity contribution in [1.29, 1.82) is 0 Å². The fraction of sp³-hybridized carbons (Fsp3) is 0.500. The molecule has 32 heavy (non-hydrogen) atoms. The van der Waals surface area contributed by atoms with Gasteiger partial charge in [-0.25, -0.2) is 0 Å². The van der Waals surface area contributed by atoms with Gasteiger partial charge < -0.3 is 18.9 Å². The lowest BCUT2D eigenvalue weighted by Gasteiger charge is -2.33. The number of rotatable bonds is 3. The monoisotopic (exact) mass is 436 g/mol. The first-order valence-corrected chi connectivity index (χ1v) is 11.5. The zero-order chi connectivity index (χ0) is 23.3. The van der Waals surface area contributed by atoms with Crippen molar-refractivity contribution >= 4 is 6.08 Å². The van der Waals surface area contributed by atoms with Gasteiger partial charge in [-0.1, -0.05) is 12.1 Å². The third-order valence-electron chi connectivity index (χ3n) is 5.42. The van der Waals surface area contributed by atoms with E-state index in [4.69, 9.17) is 18.9 Å². The molecule has 0 aliphatic carbocycles. The van der Waals surface area contributed by atoms with Gasteiger partial charge in [0.1, 0.15) is 39.8 Å². The minimum Gasteiger partial charge on any atom is -0.492 e. The highest BCUT2D eigenvalue weighted by molar-refractivity contribution is 5.69. The molecule has 0 saturated heterocycles. The summed E-state index contributed by atoms with van der Waals surface area (Å²) in [6, 6.07) is 10.4. The normalized spacial score (nSPS) is 19.3. The van der Waals surface area contributed by atoms with Crippen molar-refractivity contribution in [2.45, 2.75) is 84.5 Å². The molecule has 4 rings (SSSR count). The minimum absolute atomic E-state index is 0.200. The molecule has 0 saturated carbocycles. The summed E-state index contributed by atoms with van der Waals surface area (Å²) in [4.78, 5) is 0. The average molecular weight is 437 g/mol. The molecular formula is C28H36O4. The Morgan fingerprint density at radius 1 is 0.938 bits per heavy atom. The number of fused-ring (bicyclic) bond motifs is 3. The van der Waals surface area contributed by atoms with E-state index in [9.17, 15) is 0 Å². The van der Waals surface area contributed by atoms with E-state index >= 15 is 0 Å². The highest BCUT2D eigenvalue weighted by atomic mass is 16.5. The molecule has 172 valence electrons. The summed E-state index contributed by atoms with van der Waals surface area (Å²) in [5, 5.41) is 0. The standard InChI is InChI=1S/C28H36O4/c1-26(2,3)30-20-10-11-21(24(16-20)31-27(4,5)6)19-15-18-9-12-23-22(25(18)29-17-19)13-14-28(7,8)32-23/h9-14,16,19H,15,17H2,1-8H3. The quantitative estimate of drug-likeness (QED) is 0.522. The predicted octanol–water partition coefficient (Wildman–Crippen LogP) is 6.94. The molecule has 1 atom stereocenters. The molecule has 0 spiro atoms. The topological polar surface area (TPSA) is 36.9 Å². The van der Waals surface area contributed by atoms with E-state index < -0.39 is 0 Å². The van der Waals surface area contributed by atoms with Crippen molar-refractivity contribution in [2.24, 2.45) is 0 Å². The van der Waals surface area contributed by atoms with Crippen LogP contribution >= 0.6 is 0 Å². The van der Waals surface area contributed by atoms with Crippen LogP contribution in [-0.2, 0) is 6.42 Å². The molecule has 0 radical (unpaired) electrons. The lowest BCUT2D eigenvalue weighted by Crippen LogP contribution is -2.29. The molecule has 0 fully saturated rings. The summed E-state index contributed by atoms with van der Waals surface area (Å²) in [5.74, 6) is 3.70. The zero-order valence-electron chi connectivity index (χ0n) is 20.7. The van der Waals surface area contributed by atoms with Gasteiger partial charge in [0.2, 0.25) is 0 Å². The van der Waals surface area contributed by atoms with Crippen molar-refractivity contribution in [3.8, 4) is 23.0 Å². The van der Waals surface area contributed by atoms with Crippen molar-refractivity contribution in [3.05, 3.63) is 53.1 Å². The molecule has 2 aromatic carbocycles. The third kappa shape index (κ3) is 5.06. The van der Waals surface area contributed by atoms with E-state index in [1.54, 1.807) is 0 Å². The molecule has 0 bridgehead atoms. The van der Waals surface area contributed by atoms with Crippen molar-refractivity contribution in [2.75, 3.05) is 6.61 Å². The Balaban J connectivity index is 1.65. The van der Waals surface area contributed by atoms with Crippen LogP contribution in [0.15, 0.2) is 36.4 Å². The molecule has 4 heteroatoms. The fourth-order valence-electron chi connectivity index (χ4n) is 4.20. The van der Waals surface area contributed by atoms with Crippen LogP contribution in [0, 0.1) is 0 Å². The first-order chi connectivity index (χ1) is 14.8. The predicted molar refractivity (Wildman–Crippen MR) is 129 cm³/mol. The lowest BCUT2D eigenvalue weighted by atomic mass is 9.87. The van der Waals surface area contributed by atoms with Gasteiger partial charge in [0, 0.05) is 17.5 Å². The molecule has 4 nitrogen and oxygen atoms in total. The van der Waals surface area contributed by atoms with Crippen LogP contribution in [0.3, 0.4) is 0 Å². The fourth-order valence-corrected chi connectivity index (χ4v) is 4.20. The molecule has 1 unspecified atom stereocenters. The van der Waals surface area contributed by atoms with Gasteiger partial charge in [0.25, 0.3) is 0 Å². The third-order valence-corrected chi connectivity index (χ3v) is 5.42. The smallest absolute Gasteiger partial charge is 0.133 e. The summed E-state index contributed by atoms with van der Waals surface area (Å²) in [6.45, 7) is 17.1. The molecule has 0 aromatic heterocycles. The van der Waals surface area contributed by atoms with Crippen LogP contribution in [-0.4, -0.2) is 23.4 Å². The highest BCUT2D eigenvalue weighted by Gasteiger charge is 2.31. The second-order valence-electron chi connectivity index (χ2n) is 11.3. The van der Waals surface area contributed by atoms with Crippen LogP contribution in [0.1, 0.15) is 78.0 Å². The number of benzene rings is 2. The molecular weight excluding hydrogens is 400 g/mol. The van der Waals surface area contributed by atoms with Gasteiger partial charge in [0.15, 0.2) is 0 Å². The summed E-state index contributed by atoms with van der Waals surface area (Å²) >= 11 is 0. The summed E-state index contributed by atoms with van der Waals surface area (Å²) in [5.41, 5.74) is 2.52. The van der Waals surface area contributed by atoms with E-state index in [0.29, 0.717) is 6.61 Å². The van der Waals surface area contributed by atoms with Crippen LogP contribution in [0.5, 0.6) is 23.0 Å². The van der Waals surface area contributed by atoms with Crippen molar-refractivity contribution in [1.82, 2.24) is 0 Å². The van der Waals surface area contributed by atoms with Gasteiger partial charge in [-0.15, -0.1) is 0 Å². The van der Waals surface area contributed by atoms with Crippen LogP contribution in [0.25, 0.3) is 6.08 Å². The van der Waals surface area contributed by atoms with Crippen LogP contribution < -0.4 is 18.9 Å². The van der Waals surface area contributed by atoms with E-state index in [-0.39, 0.29) is 22.7 Å². The van der Waals surface area contributed by atoms with E-state index in [2.05, 4.69) is 85.7 Å². The maximum Gasteiger partial charge on any atom is 0.133 e. The lowest BCUT2D eigenvalue weighted by molar-refractivity contribution is 0.118. The molecule has 2 heterocycles. The second kappa shape index (κ2) is 7.75. The SMILES string of the molecule is CC(C)(C)Oc1ccc(C2COc3c(ccc4c3C=CC(C)(C)O4)C2)c(OC(C)(C)C)c1. The average Bonchev–Trinajstić information content (AvgIpc) is 2.64. The van der Waals surface area contributed by atoms with E-state index in [1.807, 2.05) is 12.1 Å². The summed E-state index contributed by atoms with van der Waals surface area (Å²) in [6.07, 6.45) is 5.11. The molecule has 2 aliphatic rings. The minimum atomic E-state index is -0.309. The van der Waals surface area contributed by atoms with Crippen LogP contribution in [0.2, 0.25) is 0 Å². The Kier molecular flexibility index (Phi) is 5.47. The van der Waals surface area contributed by atoms with Gasteiger partial charge in [-0.05, 0) is 91.7 Å². The van der Waals surface area contributed by atoms with Gasteiger partial charge in [-0.3, -0.25) is 0 Å². The van der Waals surface area contributed by atoms with Crippen molar-refractivity contribution in [3.63, 3.8) is 0 Å². The second-order valence-corrected chi connectivity index (χ2v) is 11.3. The number of hydrogen-bond acceptors (Lipinski definition) is 4. The van der Waals surface area contributed by atoms with E-state index in [1.165, 1.54) is 5.56 Å². The van der Waals surface area contributed by atoms with Crippen molar-refractivity contribution < 1.29 is 18.9 Å². The zero-order valence-corrected chi connectivity index (χ0v) is 20.7. The Labute approximate surface area is 192 Å². The van der Waals surface area contributed by atoms with Gasteiger partial charge in [-0.2, -0.15) is 0 Å². The Hall–Kier alpha value is -2.62. The molecule has 2 aliphatic heterocycles.